The van der Waals surface area contributed by atoms with E-state index in [2.05, 4.69) is 5.32 Å². The van der Waals surface area contributed by atoms with Crippen molar-refractivity contribution >= 4 is 11.9 Å². The zero-order chi connectivity index (χ0) is 9.84. The molecule has 1 fully saturated rings. The van der Waals surface area contributed by atoms with Crippen LogP contribution in [0.1, 0.15) is 19.3 Å². The second-order valence-electron chi connectivity index (χ2n) is 3.38. The number of amides is 1. The maximum absolute atomic E-state index is 11.3. The lowest BCUT2D eigenvalue weighted by Crippen LogP contribution is -2.34. The summed E-state index contributed by atoms with van der Waals surface area (Å²) in [4.78, 5) is 21.4. The molecule has 5 heteroatoms. The Bertz CT molecular complexity index is 217. The predicted molar refractivity (Wildman–Crippen MR) is 46.0 cm³/mol. The van der Waals surface area contributed by atoms with E-state index in [1.807, 2.05) is 0 Å². The number of nitrogens with two attached hydrogens (primary N) is 1. The molecule has 1 aliphatic rings. The number of rotatable bonds is 3. The molecule has 2 atom stereocenters. The topological polar surface area (TPSA) is 92.4 Å². The van der Waals surface area contributed by atoms with Gasteiger partial charge in [0.25, 0.3) is 0 Å². The molecule has 0 bridgehead atoms. The Balaban J connectivity index is 2.27. The summed E-state index contributed by atoms with van der Waals surface area (Å²) >= 11 is 0. The Kier molecular flexibility index (Phi) is 3.25. The van der Waals surface area contributed by atoms with Gasteiger partial charge in [-0.15, -0.1) is 0 Å². The molecular weight excluding hydrogens is 172 g/mol. The Morgan fingerprint density at radius 3 is 2.62 bits per heavy atom. The van der Waals surface area contributed by atoms with E-state index in [0.29, 0.717) is 6.42 Å². The van der Waals surface area contributed by atoms with Crippen LogP contribution in [-0.2, 0) is 9.59 Å². The molecule has 1 aliphatic carbocycles. The Morgan fingerprint density at radius 2 is 2.15 bits per heavy atom. The molecule has 0 spiro atoms. The average Bonchev–Trinajstić information content (AvgIpc) is 2.47. The van der Waals surface area contributed by atoms with Crippen LogP contribution in [0.2, 0.25) is 0 Å². The lowest BCUT2D eigenvalue weighted by Gasteiger charge is -2.08. The molecule has 0 heterocycles. The van der Waals surface area contributed by atoms with Crippen LogP contribution >= 0.6 is 0 Å². The SMILES string of the molecule is NC1CCC(C(=O)NCC(=O)O)C1. The second-order valence-corrected chi connectivity index (χ2v) is 3.38. The van der Waals surface area contributed by atoms with E-state index < -0.39 is 5.97 Å². The Labute approximate surface area is 76.3 Å². The second kappa shape index (κ2) is 4.23. The number of carboxylic acid groups (broad SMARTS) is 1. The van der Waals surface area contributed by atoms with Crippen molar-refractivity contribution in [1.82, 2.24) is 5.32 Å². The summed E-state index contributed by atoms with van der Waals surface area (Å²) in [6, 6.07) is 0.0978. The first-order chi connectivity index (χ1) is 6.09. The molecule has 13 heavy (non-hydrogen) atoms. The number of carboxylic acids is 1. The zero-order valence-electron chi connectivity index (χ0n) is 7.32. The van der Waals surface area contributed by atoms with E-state index in [0.717, 1.165) is 12.8 Å². The van der Waals surface area contributed by atoms with E-state index >= 15 is 0 Å². The summed E-state index contributed by atoms with van der Waals surface area (Å²) in [6.45, 7) is -0.301. The molecule has 5 nitrogen and oxygen atoms in total. The third-order valence-corrected chi connectivity index (χ3v) is 2.26. The highest BCUT2D eigenvalue weighted by atomic mass is 16.4. The molecule has 0 aliphatic heterocycles. The molecule has 0 aromatic carbocycles. The number of hydrogen-bond acceptors (Lipinski definition) is 3. The minimum Gasteiger partial charge on any atom is -0.480 e. The average molecular weight is 186 g/mol. The smallest absolute Gasteiger partial charge is 0.322 e. The lowest BCUT2D eigenvalue weighted by atomic mass is 10.1. The summed E-state index contributed by atoms with van der Waals surface area (Å²) in [5, 5.41) is 10.7. The van der Waals surface area contributed by atoms with Crippen LogP contribution in [0.5, 0.6) is 0 Å². The van der Waals surface area contributed by atoms with E-state index in [9.17, 15) is 9.59 Å². The minimum absolute atomic E-state index is 0.0886. The van der Waals surface area contributed by atoms with Crippen LogP contribution in [0.4, 0.5) is 0 Å². The standard InChI is InChI=1S/C8H14N2O3/c9-6-2-1-5(3-6)8(13)10-4-7(11)12/h5-6H,1-4,9H2,(H,10,13)(H,11,12). The van der Waals surface area contributed by atoms with Gasteiger partial charge < -0.3 is 16.2 Å². The van der Waals surface area contributed by atoms with Gasteiger partial charge in [0.15, 0.2) is 0 Å². The quantitative estimate of drug-likeness (QED) is 0.544. The highest BCUT2D eigenvalue weighted by Gasteiger charge is 2.27. The van der Waals surface area contributed by atoms with Crippen LogP contribution in [0.15, 0.2) is 0 Å². The molecule has 0 radical (unpaired) electrons. The van der Waals surface area contributed by atoms with E-state index in [-0.39, 0.29) is 24.4 Å². The normalized spacial score (nSPS) is 27.2. The monoisotopic (exact) mass is 186 g/mol. The number of hydrogen-bond donors (Lipinski definition) is 3. The van der Waals surface area contributed by atoms with E-state index in [1.54, 1.807) is 0 Å². The van der Waals surface area contributed by atoms with Crippen molar-refractivity contribution in [3.63, 3.8) is 0 Å². The van der Waals surface area contributed by atoms with E-state index in [1.165, 1.54) is 0 Å². The van der Waals surface area contributed by atoms with Crippen LogP contribution in [0, 0.1) is 5.92 Å². The number of carbonyl (C=O) groups excluding carboxylic acids is 1. The zero-order valence-corrected chi connectivity index (χ0v) is 7.32. The molecular formula is C8H14N2O3. The molecule has 1 saturated carbocycles. The molecule has 1 amide bonds. The third-order valence-electron chi connectivity index (χ3n) is 2.26. The molecule has 0 aromatic rings. The van der Waals surface area contributed by atoms with Crippen LogP contribution in [0.3, 0.4) is 0 Å². The van der Waals surface area contributed by atoms with Crippen molar-refractivity contribution in [2.45, 2.75) is 25.3 Å². The maximum atomic E-state index is 11.3. The molecule has 1 rings (SSSR count). The van der Waals surface area contributed by atoms with Gasteiger partial charge in [0.2, 0.25) is 5.91 Å². The van der Waals surface area contributed by atoms with Crippen LogP contribution in [0.25, 0.3) is 0 Å². The third kappa shape index (κ3) is 3.02. The number of carbonyl (C=O) groups is 2. The molecule has 74 valence electrons. The first-order valence-electron chi connectivity index (χ1n) is 4.34. The van der Waals surface area contributed by atoms with Gasteiger partial charge in [0.05, 0.1) is 0 Å². The fraction of sp³-hybridized carbons (Fsp3) is 0.750. The van der Waals surface area contributed by atoms with Gasteiger partial charge in [0, 0.05) is 12.0 Å². The summed E-state index contributed by atoms with van der Waals surface area (Å²) in [5.41, 5.74) is 5.62. The first kappa shape index (κ1) is 9.98. The molecule has 2 unspecified atom stereocenters. The van der Waals surface area contributed by atoms with Gasteiger partial charge in [0.1, 0.15) is 6.54 Å². The van der Waals surface area contributed by atoms with Gasteiger partial charge in [-0.3, -0.25) is 9.59 Å². The Morgan fingerprint density at radius 1 is 1.46 bits per heavy atom. The summed E-state index contributed by atoms with van der Waals surface area (Å²) in [7, 11) is 0. The van der Waals surface area contributed by atoms with Gasteiger partial charge in [-0.1, -0.05) is 0 Å². The van der Waals surface area contributed by atoms with Crippen molar-refractivity contribution < 1.29 is 14.7 Å². The van der Waals surface area contributed by atoms with Gasteiger partial charge in [-0.25, -0.2) is 0 Å². The van der Waals surface area contributed by atoms with Crippen molar-refractivity contribution in [2.75, 3.05) is 6.54 Å². The highest BCUT2D eigenvalue weighted by Crippen LogP contribution is 2.23. The fourth-order valence-corrected chi connectivity index (χ4v) is 1.56. The van der Waals surface area contributed by atoms with Crippen molar-refractivity contribution in [3.05, 3.63) is 0 Å². The van der Waals surface area contributed by atoms with Gasteiger partial charge in [-0.2, -0.15) is 0 Å². The summed E-state index contributed by atoms with van der Waals surface area (Å²) < 4.78 is 0. The number of nitrogens with one attached hydrogen (secondary N) is 1. The largest absolute Gasteiger partial charge is 0.480 e. The highest BCUT2D eigenvalue weighted by molar-refractivity contribution is 5.83. The minimum atomic E-state index is -1.02. The Hall–Kier alpha value is -1.10. The summed E-state index contributed by atoms with van der Waals surface area (Å²) in [6.07, 6.45) is 2.29. The molecule has 0 aromatic heterocycles. The van der Waals surface area contributed by atoms with Crippen LogP contribution < -0.4 is 11.1 Å². The van der Waals surface area contributed by atoms with Crippen molar-refractivity contribution in [2.24, 2.45) is 11.7 Å². The fourth-order valence-electron chi connectivity index (χ4n) is 1.56. The van der Waals surface area contributed by atoms with Crippen molar-refractivity contribution in [1.29, 1.82) is 0 Å². The summed E-state index contributed by atoms with van der Waals surface area (Å²) in [5.74, 6) is -1.29. The first-order valence-corrected chi connectivity index (χ1v) is 4.34. The lowest BCUT2D eigenvalue weighted by molar-refractivity contribution is -0.138. The maximum Gasteiger partial charge on any atom is 0.322 e. The predicted octanol–water partition coefficient (Wildman–Crippen LogP) is -0.685. The molecule has 4 N–H and O–H groups in total. The van der Waals surface area contributed by atoms with E-state index in [4.69, 9.17) is 10.8 Å². The number of aliphatic carboxylic acids is 1. The molecule has 0 saturated heterocycles. The van der Waals surface area contributed by atoms with Gasteiger partial charge >= 0.3 is 5.97 Å². The van der Waals surface area contributed by atoms with Gasteiger partial charge in [-0.05, 0) is 19.3 Å². The van der Waals surface area contributed by atoms with Crippen molar-refractivity contribution in [3.8, 4) is 0 Å². The van der Waals surface area contributed by atoms with Crippen LogP contribution in [-0.4, -0.2) is 29.6 Å².